The molecule has 0 bridgehead atoms. The fourth-order valence-corrected chi connectivity index (χ4v) is 3.49. The minimum Gasteiger partial charge on any atom is -0.301 e. The van der Waals surface area contributed by atoms with E-state index in [1.807, 2.05) is 49.3 Å². The molecule has 0 fully saturated rings. The molecule has 0 aliphatic heterocycles. The smallest absolute Gasteiger partial charge is 0.243 e. The van der Waals surface area contributed by atoms with E-state index < -0.39 is 20.7 Å². The van der Waals surface area contributed by atoms with Gasteiger partial charge in [0.25, 0.3) is 0 Å². The molecule has 0 aromatic heterocycles. The summed E-state index contributed by atoms with van der Waals surface area (Å²) < 4.78 is 40.9. The van der Waals surface area contributed by atoms with Crippen molar-refractivity contribution in [3.05, 3.63) is 64.9 Å². The van der Waals surface area contributed by atoms with Crippen LogP contribution in [0.3, 0.4) is 0 Å². The second kappa shape index (κ2) is 7.40. The van der Waals surface area contributed by atoms with Crippen LogP contribution in [0.15, 0.2) is 53.4 Å². The number of halogens is 2. The number of sulfonamides is 1. The van der Waals surface area contributed by atoms with Gasteiger partial charge in [0, 0.05) is 17.6 Å². The van der Waals surface area contributed by atoms with Crippen LogP contribution in [0.4, 0.5) is 4.39 Å². The van der Waals surface area contributed by atoms with Gasteiger partial charge in [-0.3, -0.25) is 0 Å². The summed E-state index contributed by atoms with van der Waals surface area (Å²) in [6.07, 6.45) is 0. The highest BCUT2D eigenvalue weighted by Gasteiger charge is 2.22. The molecule has 124 valence electrons. The van der Waals surface area contributed by atoms with Crippen molar-refractivity contribution in [1.82, 2.24) is 9.62 Å². The number of rotatable bonds is 6. The summed E-state index contributed by atoms with van der Waals surface area (Å²) in [6, 6.07) is 12.8. The lowest BCUT2D eigenvalue weighted by Gasteiger charge is -2.25. The van der Waals surface area contributed by atoms with Crippen molar-refractivity contribution in [2.75, 3.05) is 20.6 Å². The maximum atomic E-state index is 13.8. The molecule has 0 aliphatic carbocycles. The molecule has 4 nitrogen and oxygen atoms in total. The van der Waals surface area contributed by atoms with Gasteiger partial charge in [-0.25, -0.2) is 17.5 Å². The highest BCUT2D eigenvalue weighted by atomic mass is 35.5. The summed E-state index contributed by atoms with van der Waals surface area (Å²) in [5.41, 5.74) is 0.969. The van der Waals surface area contributed by atoms with Gasteiger partial charge in [0.15, 0.2) is 0 Å². The topological polar surface area (TPSA) is 49.4 Å². The zero-order valence-corrected chi connectivity index (χ0v) is 14.4. The average molecular weight is 357 g/mol. The van der Waals surface area contributed by atoms with Crippen LogP contribution in [0.25, 0.3) is 0 Å². The van der Waals surface area contributed by atoms with E-state index in [9.17, 15) is 12.8 Å². The van der Waals surface area contributed by atoms with E-state index in [0.717, 1.165) is 17.7 Å². The van der Waals surface area contributed by atoms with Crippen LogP contribution in [0.5, 0.6) is 0 Å². The SMILES string of the molecule is CN(C)C(CNS(=O)(=O)c1ccc(Cl)cc1F)c1ccccc1. The fourth-order valence-electron chi connectivity index (χ4n) is 2.23. The van der Waals surface area contributed by atoms with Crippen molar-refractivity contribution in [2.24, 2.45) is 0 Å². The van der Waals surface area contributed by atoms with E-state index in [0.29, 0.717) is 0 Å². The first-order chi connectivity index (χ1) is 10.8. The molecule has 0 spiro atoms. The predicted octanol–water partition coefficient (Wildman–Crippen LogP) is 3.06. The van der Waals surface area contributed by atoms with Gasteiger partial charge >= 0.3 is 0 Å². The predicted molar refractivity (Wildman–Crippen MR) is 89.5 cm³/mol. The molecule has 0 saturated heterocycles. The normalized spacial score (nSPS) is 13.3. The Labute approximate surface area is 140 Å². The summed E-state index contributed by atoms with van der Waals surface area (Å²) in [5.74, 6) is -0.869. The molecule has 0 radical (unpaired) electrons. The second-order valence-electron chi connectivity index (χ2n) is 5.32. The molecule has 0 amide bonds. The quantitative estimate of drug-likeness (QED) is 0.865. The summed E-state index contributed by atoms with van der Waals surface area (Å²) >= 11 is 5.65. The van der Waals surface area contributed by atoms with Gasteiger partial charge < -0.3 is 4.90 Å². The molecular weight excluding hydrogens is 339 g/mol. The van der Waals surface area contributed by atoms with Crippen molar-refractivity contribution in [3.8, 4) is 0 Å². The molecule has 1 atom stereocenters. The van der Waals surface area contributed by atoms with E-state index in [4.69, 9.17) is 11.6 Å². The molecule has 7 heteroatoms. The Hall–Kier alpha value is -1.47. The fraction of sp³-hybridized carbons (Fsp3) is 0.250. The number of nitrogens with zero attached hydrogens (tertiary/aromatic N) is 1. The third-order valence-corrected chi connectivity index (χ3v) is 5.15. The molecule has 2 aromatic carbocycles. The lowest BCUT2D eigenvalue weighted by atomic mass is 10.1. The molecule has 23 heavy (non-hydrogen) atoms. The van der Waals surface area contributed by atoms with Gasteiger partial charge in [-0.2, -0.15) is 0 Å². The molecule has 1 unspecified atom stereocenters. The Balaban J connectivity index is 2.20. The highest BCUT2D eigenvalue weighted by Crippen LogP contribution is 2.21. The molecule has 2 aromatic rings. The second-order valence-corrected chi connectivity index (χ2v) is 7.49. The van der Waals surface area contributed by atoms with Gasteiger partial charge in [0.05, 0.1) is 0 Å². The minimum absolute atomic E-state index is 0.126. The highest BCUT2D eigenvalue weighted by molar-refractivity contribution is 7.89. The van der Waals surface area contributed by atoms with Crippen molar-refractivity contribution in [3.63, 3.8) is 0 Å². The van der Waals surface area contributed by atoms with Crippen LogP contribution >= 0.6 is 11.6 Å². The van der Waals surface area contributed by atoms with Crippen LogP contribution in [0.1, 0.15) is 11.6 Å². The molecule has 0 aliphatic rings. The lowest BCUT2D eigenvalue weighted by molar-refractivity contribution is 0.299. The van der Waals surface area contributed by atoms with Crippen LogP contribution in [0.2, 0.25) is 5.02 Å². The summed E-state index contributed by atoms with van der Waals surface area (Å²) in [6.45, 7) is 0.126. The van der Waals surface area contributed by atoms with Crippen molar-refractivity contribution >= 4 is 21.6 Å². The number of nitrogens with one attached hydrogen (secondary N) is 1. The molecule has 0 saturated carbocycles. The molecule has 0 heterocycles. The third kappa shape index (κ3) is 4.51. The zero-order valence-electron chi connectivity index (χ0n) is 12.8. The van der Waals surface area contributed by atoms with Crippen LogP contribution < -0.4 is 4.72 Å². The van der Waals surface area contributed by atoms with E-state index in [1.165, 1.54) is 6.07 Å². The zero-order chi connectivity index (χ0) is 17.0. The Bertz CT molecular complexity index is 767. The molecule has 2 rings (SSSR count). The largest absolute Gasteiger partial charge is 0.301 e. The lowest BCUT2D eigenvalue weighted by Crippen LogP contribution is -2.34. The van der Waals surface area contributed by atoms with Gasteiger partial charge in [-0.05, 0) is 37.9 Å². The number of hydrogen-bond acceptors (Lipinski definition) is 3. The Morgan fingerprint density at radius 1 is 1.17 bits per heavy atom. The summed E-state index contributed by atoms with van der Waals surface area (Å²) in [4.78, 5) is 1.49. The van der Waals surface area contributed by atoms with E-state index in [-0.39, 0.29) is 17.6 Å². The van der Waals surface area contributed by atoms with Crippen LogP contribution in [-0.2, 0) is 10.0 Å². The first-order valence-corrected chi connectivity index (χ1v) is 8.83. The number of hydrogen-bond donors (Lipinski definition) is 1. The Kier molecular flexibility index (Phi) is 5.75. The van der Waals surface area contributed by atoms with Crippen molar-refractivity contribution < 1.29 is 12.8 Å². The molecule has 1 N–H and O–H groups in total. The average Bonchev–Trinajstić information content (AvgIpc) is 2.47. The van der Waals surface area contributed by atoms with Crippen LogP contribution in [0, 0.1) is 5.82 Å². The monoisotopic (exact) mass is 356 g/mol. The summed E-state index contributed by atoms with van der Waals surface area (Å²) in [7, 11) is -0.243. The Morgan fingerprint density at radius 3 is 2.39 bits per heavy atom. The first kappa shape index (κ1) is 17.9. The number of benzene rings is 2. The van der Waals surface area contributed by atoms with E-state index >= 15 is 0 Å². The standard InChI is InChI=1S/C16H18ClFN2O2S/c1-20(2)15(12-6-4-3-5-7-12)11-19-23(21,22)16-9-8-13(17)10-14(16)18/h3-10,15,19H,11H2,1-2H3. The third-order valence-electron chi connectivity index (χ3n) is 3.46. The maximum absolute atomic E-state index is 13.8. The van der Waals surface area contributed by atoms with Gasteiger partial charge in [0.1, 0.15) is 10.7 Å². The van der Waals surface area contributed by atoms with E-state index in [2.05, 4.69) is 4.72 Å². The maximum Gasteiger partial charge on any atom is 0.243 e. The minimum atomic E-state index is -3.95. The summed E-state index contributed by atoms with van der Waals surface area (Å²) in [5, 5.41) is 0.150. The van der Waals surface area contributed by atoms with Crippen LogP contribution in [-0.4, -0.2) is 34.0 Å². The van der Waals surface area contributed by atoms with E-state index in [1.54, 1.807) is 0 Å². The van der Waals surface area contributed by atoms with Crippen molar-refractivity contribution in [1.29, 1.82) is 0 Å². The first-order valence-electron chi connectivity index (χ1n) is 6.97. The molecular formula is C16H18ClFN2O2S. The number of likely N-dealkylation sites (N-methyl/N-ethyl adjacent to an activating group) is 1. The van der Waals surface area contributed by atoms with Gasteiger partial charge in [-0.1, -0.05) is 41.9 Å². The van der Waals surface area contributed by atoms with Gasteiger partial charge in [-0.15, -0.1) is 0 Å². The Morgan fingerprint density at radius 2 is 1.83 bits per heavy atom. The van der Waals surface area contributed by atoms with Crippen molar-refractivity contribution in [2.45, 2.75) is 10.9 Å². The van der Waals surface area contributed by atoms with Gasteiger partial charge in [0.2, 0.25) is 10.0 Å².